The molecule has 0 amide bonds. The Hall–Kier alpha value is -3.79. The molecule has 2 rings (SSSR count). The van der Waals surface area contributed by atoms with Crippen molar-refractivity contribution in [1.82, 2.24) is 0 Å². The summed E-state index contributed by atoms with van der Waals surface area (Å²) >= 11 is 0. The standard InChI is InChI=1S/C26H28O7/c1-4-30-24(27)22(25(28)31-5-2)18-21-15-11-10-12-19(21)16-17-23(33-26(29)32-6-3)20-13-8-7-9-14-20/h7-15,22-23H,4-6,18H2,1-3H3. The SMILES string of the molecule is CCOC(=O)OC(C#Cc1ccccc1CC(C(=O)OCC)C(=O)OCC)c1ccccc1. The van der Waals surface area contributed by atoms with Crippen LogP contribution in [0.1, 0.15) is 43.6 Å². The summed E-state index contributed by atoms with van der Waals surface area (Å²) < 4.78 is 20.4. The molecule has 2 aromatic rings. The lowest BCUT2D eigenvalue weighted by Crippen LogP contribution is -2.30. The molecular formula is C26H28O7. The Balaban J connectivity index is 2.35. The van der Waals surface area contributed by atoms with E-state index in [4.69, 9.17) is 18.9 Å². The molecule has 0 aliphatic heterocycles. The molecule has 7 nitrogen and oxygen atoms in total. The molecule has 1 atom stereocenters. The largest absolute Gasteiger partial charge is 0.509 e. The van der Waals surface area contributed by atoms with Gasteiger partial charge in [0.1, 0.15) is 0 Å². The summed E-state index contributed by atoms with van der Waals surface area (Å²) in [7, 11) is 0. The van der Waals surface area contributed by atoms with Crippen molar-refractivity contribution in [1.29, 1.82) is 0 Å². The van der Waals surface area contributed by atoms with Gasteiger partial charge in [-0.2, -0.15) is 0 Å². The molecule has 0 bridgehead atoms. The minimum atomic E-state index is -1.10. The topological polar surface area (TPSA) is 88.1 Å². The first-order chi connectivity index (χ1) is 16.0. The third kappa shape index (κ3) is 8.00. The first-order valence-corrected chi connectivity index (χ1v) is 10.8. The van der Waals surface area contributed by atoms with Crippen molar-refractivity contribution in [2.45, 2.75) is 33.3 Å². The molecule has 0 spiro atoms. The molecule has 0 aliphatic carbocycles. The highest BCUT2D eigenvalue weighted by Crippen LogP contribution is 2.20. The zero-order valence-electron chi connectivity index (χ0n) is 19.0. The van der Waals surface area contributed by atoms with Crippen molar-refractivity contribution in [3.63, 3.8) is 0 Å². The van der Waals surface area contributed by atoms with Crippen LogP contribution in [0.15, 0.2) is 54.6 Å². The summed E-state index contributed by atoms with van der Waals surface area (Å²) in [4.78, 5) is 36.7. The van der Waals surface area contributed by atoms with E-state index in [1.165, 1.54) is 0 Å². The van der Waals surface area contributed by atoms with Crippen LogP contribution in [0, 0.1) is 17.8 Å². The second-order valence-corrected chi connectivity index (χ2v) is 6.78. The average molecular weight is 453 g/mol. The first kappa shape index (κ1) is 25.5. The molecule has 0 aliphatic rings. The Labute approximate surface area is 194 Å². The highest BCUT2D eigenvalue weighted by Gasteiger charge is 2.30. The smallest absolute Gasteiger partial charge is 0.465 e. The molecule has 0 saturated carbocycles. The van der Waals surface area contributed by atoms with E-state index in [2.05, 4.69) is 11.8 Å². The van der Waals surface area contributed by atoms with Gasteiger partial charge >= 0.3 is 18.1 Å². The maximum Gasteiger partial charge on any atom is 0.509 e. The Morgan fingerprint density at radius 3 is 1.97 bits per heavy atom. The van der Waals surface area contributed by atoms with E-state index < -0.39 is 30.1 Å². The van der Waals surface area contributed by atoms with E-state index >= 15 is 0 Å². The van der Waals surface area contributed by atoms with Crippen molar-refractivity contribution in [3.8, 4) is 11.8 Å². The van der Waals surface area contributed by atoms with Crippen LogP contribution in [0.2, 0.25) is 0 Å². The van der Waals surface area contributed by atoms with Gasteiger partial charge in [-0.1, -0.05) is 54.5 Å². The van der Waals surface area contributed by atoms with E-state index in [-0.39, 0.29) is 26.2 Å². The van der Waals surface area contributed by atoms with E-state index in [0.29, 0.717) is 16.7 Å². The molecule has 2 aromatic carbocycles. The lowest BCUT2D eigenvalue weighted by atomic mass is 9.95. The Bertz CT molecular complexity index is 970. The second-order valence-electron chi connectivity index (χ2n) is 6.78. The fourth-order valence-electron chi connectivity index (χ4n) is 2.99. The lowest BCUT2D eigenvalue weighted by Gasteiger charge is -2.15. The molecule has 0 aromatic heterocycles. The number of carbonyl (C=O) groups is 3. The number of hydrogen-bond donors (Lipinski definition) is 0. The number of benzene rings is 2. The molecule has 0 saturated heterocycles. The van der Waals surface area contributed by atoms with Gasteiger partial charge in [0.15, 0.2) is 12.0 Å². The maximum absolute atomic E-state index is 12.4. The van der Waals surface area contributed by atoms with Crippen LogP contribution in [0.5, 0.6) is 0 Å². The molecule has 1 unspecified atom stereocenters. The van der Waals surface area contributed by atoms with E-state index in [1.54, 1.807) is 57.2 Å². The van der Waals surface area contributed by atoms with Crippen molar-refractivity contribution in [2.24, 2.45) is 5.92 Å². The number of hydrogen-bond acceptors (Lipinski definition) is 7. The molecular weight excluding hydrogens is 424 g/mol. The van der Waals surface area contributed by atoms with Crippen LogP contribution in [-0.4, -0.2) is 37.9 Å². The minimum absolute atomic E-state index is 0.0667. The van der Waals surface area contributed by atoms with Gasteiger partial charge in [-0.15, -0.1) is 0 Å². The van der Waals surface area contributed by atoms with Gasteiger partial charge in [-0.25, -0.2) is 4.79 Å². The Morgan fingerprint density at radius 2 is 1.36 bits per heavy atom. The molecule has 0 heterocycles. The summed E-state index contributed by atoms with van der Waals surface area (Å²) in [5.41, 5.74) is 1.94. The first-order valence-electron chi connectivity index (χ1n) is 10.8. The minimum Gasteiger partial charge on any atom is -0.465 e. The zero-order valence-corrected chi connectivity index (χ0v) is 19.0. The molecule has 33 heavy (non-hydrogen) atoms. The van der Waals surface area contributed by atoms with Crippen LogP contribution in [0.4, 0.5) is 4.79 Å². The fourth-order valence-corrected chi connectivity index (χ4v) is 2.99. The number of carbonyl (C=O) groups excluding carboxylic acids is 3. The maximum atomic E-state index is 12.4. The molecule has 7 heteroatoms. The molecule has 0 N–H and O–H groups in total. The van der Waals surface area contributed by atoms with Gasteiger partial charge in [-0.3, -0.25) is 9.59 Å². The number of ether oxygens (including phenoxy) is 4. The highest BCUT2D eigenvalue weighted by molar-refractivity contribution is 5.95. The van der Waals surface area contributed by atoms with Crippen molar-refractivity contribution in [2.75, 3.05) is 19.8 Å². The third-order valence-electron chi connectivity index (χ3n) is 4.50. The van der Waals surface area contributed by atoms with Gasteiger partial charge < -0.3 is 18.9 Å². The lowest BCUT2D eigenvalue weighted by molar-refractivity contribution is -0.161. The summed E-state index contributed by atoms with van der Waals surface area (Å²) in [6, 6.07) is 16.2. The monoisotopic (exact) mass is 452 g/mol. The van der Waals surface area contributed by atoms with E-state index in [1.807, 2.05) is 18.2 Å². The van der Waals surface area contributed by atoms with Gasteiger partial charge in [0.25, 0.3) is 0 Å². The van der Waals surface area contributed by atoms with Crippen LogP contribution >= 0.6 is 0 Å². The van der Waals surface area contributed by atoms with Gasteiger partial charge in [0.2, 0.25) is 0 Å². The Kier molecular flexibility index (Phi) is 10.5. The summed E-state index contributed by atoms with van der Waals surface area (Å²) in [5.74, 6) is 3.58. The van der Waals surface area contributed by atoms with Crippen LogP contribution in [-0.2, 0) is 35.0 Å². The highest BCUT2D eigenvalue weighted by atomic mass is 16.7. The Morgan fingerprint density at radius 1 is 0.788 bits per heavy atom. The zero-order chi connectivity index (χ0) is 24.1. The van der Waals surface area contributed by atoms with Gasteiger partial charge in [0, 0.05) is 11.1 Å². The summed E-state index contributed by atoms with van der Waals surface area (Å²) in [6.07, 6.45) is -1.61. The third-order valence-corrected chi connectivity index (χ3v) is 4.50. The quantitative estimate of drug-likeness (QED) is 0.243. The van der Waals surface area contributed by atoms with Crippen LogP contribution in [0.25, 0.3) is 0 Å². The van der Waals surface area contributed by atoms with Crippen molar-refractivity contribution in [3.05, 3.63) is 71.3 Å². The van der Waals surface area contributed by atoms with E-state index in [0.717, 1.165) is 0 Å². The van der Waals surface area contributed by atoms with Gasteiger partial charge in [-0.05, 0) is 44.7 Å². The summed E-state index contributed by atoms with van der Waals surface area (Å²) in [5, 5.41) is 0. The van der Waals surface area contributed by atoms with Gasteiger partial charge in [0.05, 0.1) is 19.8 Å². The second kappa shape index (κ2) is 13.6. The normalized spacial score (nSPS) is 11.0. The fraction of sp³-hybridized carbons (Fsp3) is 0.346. The average Bonchev–Trinajstić information content (AvgIpc) is 2.81. The molecule has 0 fully saturated rings. The summed E-state index contributed by atoms with van der Waals surface area (Å²) in [6.45, 7) is 5.52. The van der Waals surface area contributed by atoms with Crippen molar-refractivity contribution < 1.29 is 33.3 Å². The van der Waals surface area contributed by atoms with E-state index in [9.17, 15) is 14.4 Å². The number of rotatable bonds is 9. The molecule has 174 valence electrons. The van der Waals surface area contributed by atoms with Crippen molar-refractivity contribution >= 4 is 18.1 Å². The molecule has 0 radical (unpaired) electrons. The predicted molar refractivity (Wildman–Crippen MR) is 121 cm³/mol. The predicted octanol–water partition coefficient (Wildman–Crippen LogP) is 4.24. The van der Waals surface area contributed by atoms with Crippen LogP contribution in [0.3, 0.4) is 0 Å². The number of esters is 2. The van der Waals surface area contributed by atoms with Crippen LogP contribution < -0.4 is 0 Å².